The lowest BCUT2D eigenvalue weighted by Crippen LogP contribution is -2.29. The number of aliphatic hydroxyl groups excluding tert-OH is 1. The second-order valence-corrected chi connectivity index (χ2v) is 4.47. The van der Waals surface area contributed by atoms with Crippen LogP contribution in [0.3, 0.4) is 0 Å². The summed E-state index contributed by atoms with van der Waals surface area (Å²) in [6, 6.07) is 4.38. The van der Waals surface area contributed by atoms with Crippen molar-refractivity contribution < 1.29 is 14.3 Å². The molecule has 1 amide bonds. The van der Waals surface area contributed by atoms with E-state index in [1.807, 2.05) is 4.90 Å². The molecule has 1 aliphatic heterocycles. The van der Waals surface area contributed by atoms with Gasteiger partial charge >= 0.3 is 0 Å². The highest BCUT2D eigenvalue weighted by Crippen LogP contribution is 2.27. The molecule has 1 atom stereocenters. The Bertz CT molecular complexity index is 449. The first-order valence-electron chi connectivity index (χ1n) is 6.07. The summed E-state index contributed by atoms with van der Waals surface area (Å²) >= 11 is 0. The molecule has 18 heavy (non-hydrogen) atoms. The van der Waals surface area contributed by atoms with E-state index in [4.69, 9.17) is 0 Å². The number of halogens is 1. The first-order valence-corrected chi connectivity index (χ1v) is 6.07. The predicted molar refractivity (Wildman–Crippen MR) is 66.9 cm³/mol. The van der Waals surface area contributed by atoms with E-state index < -0.39 is 6.10 Å². The lowest BCUT2D eigenvalue weighted by molar-refractivity contribution is -0.120. The van der Waals surface area contributed by atoms with Crippen molar-refractivity contribution in [3.8, 4) is 0 Å². The van der Waals surface area contributed by atoms with Crippen LogP contribution in [0, 0.1) is 5.82 Å². The van der Waals surface area contributed by atoms with E-state index in [0.29, 0.717) is 31.6 Å². The maximum atomic E-state index is 13.2. The Morgan fingerprint density at radius 3 is 2.94 bits per heavy atom. The predicted octanol–water partition coefficient (Wildman–Crippen LogP) is 1.21. The number of hydrogen-bond donors (Lipinski definition) is 2. The normalized spacial score (nSPS) is 18.2. The van der Waals surface area contributed by atoms with Gasteiger partial charge in [0, 0.05) is 37.3 Å². The van der Waals surface area contributed by atoms with Gasteiger partial charge in [-0.15, -0.1) is 0 Å². The molecule has 5 heteroatoms. The number of hydrogen-bond acceptors (Lipinski definition) is 3. The molecule has 0 bridgehead atoms. The summed E-state index contributed by atoms with van der Waals surface area (Å²) in [6.45, 7) is 3.42. The number of rotatable bonds is 2. The van der Waals surface area contributed by atoms with Gasteiger partial charge in [-0.25, -0.2) is 4.39 Å². The van der Waals surface area contributed by atoms with Crippen LogP contribution >= 0.6 is 0 Å². The number of aliphatic hydroxyl groups is 1. The summed E-state index contributed by atoms with van der Waals surface area (Å²) in [5.41, 5.74) is 1.35. The van der Waals surface area contributed by atoms with Gasteiger partial charge in [0.05, 0.1) is 6.10 Å². The molecular weight excluding hydrogens is 235 g/mol. The van der Waals surface area contributed by atoms with Crippen LogP contribution in [0.5, 0.6) is 0 Å². The van der Waals surface area contributed by atoms with Gasteiger partial charge < -0.3 is 15.3 Å². The highest BCUT2D eigenvalue weighted by molar-refractivity contribution is 5.77. The van der Waals surface area contributed by atoms with Crippen molar-refractivity contribution in [2.45, 2.75) is 19.4 Å². The third-order valence-electron chi connectivity index (χ3n) is 3.09. The number of nitrogens with one attached hydrogen (secondary N) is 1. The summed E-state index contributed by atoms with van der Waals surface area (Å²) in [5.74, 6) is -0.336. The first kappa shape index (κ1) is 12.8. The maximum absolute atomic E-state index is 13.2. The van der Waals surface area contributed by atoms with Crippen LogP contribution in [0.15, 0.2) is 18.2 Å². The van der Waals surface area contributed by atoms with E-state index in [9.17, 15) is 14.3 Å². The molecule has 0 aromatic heterocycles. The molecule has 1 aromatic rings. The number of carbonyl (C=O) groups is 1. The molecule has 0 saturated carbocycles. The second-order valence-electron chi connectivity index (χ2n) is 4.47. The van der Waals surface area contributed by atoms with Gasteiger partial charge in [-0.1, -0.05) is 0 Å². The molecule has 2 rings (SSSR count). The van der Waals surface area contributed by atoms with Crippen molar-refractivity contribution in [2.75, 3.05) is 24.5 Å². The van der Waals surface area contributed by atoms with Gasteiger partial charge in [-0.3, -0.25) is 4.79 Å². The molecule has 1 fully saturated rings. The van der Waals surface area contributed by atoms with Crippen LogP contribution in [0.2, 0.25) is 0 Å². The van der Waals surface area contributed by atoms with E-state index in [-0.39, 0.29) is 11.7 Å². The minimum absolute atomic E-state index is 0.0261. The Labute approximate surface area is 105 Å². The molecule has 0 aliphatic carbocycles. The van der Waals surface area contributed by atoms with Crippen LogP contribution in [0.4, 0.5) is 10.1 Å². The van der Waals surface area contributed by atoms with Gasteiger partial charge in [0.25, 0.3) is 0 Å². The maximum Gasteiger partial charge on any atom is 0.221 e. The van der Waals surface area contributed by atoms with Crippen molar-refractivity contribution in [2.24, 2.45) is 0 Å². The van der Waals surface area contributed by atoms with Crippen LogP contribution in [0.1, 0.15) is 25.0 Å². The van der Waals surface area contributed by atoms with Gasteiger partial charge in [0.15, 0.2) is 0 Å². The number of amides is 1. The molecule has 2 N–H and O–H groups in total. The molecule has 1 aromatic carbocycles. The van der Waals surface area contributed by atoms with Gasteiger partial charge in [0.1, 0.15) is 5.82 Å². The molecule has 1 saturated heterocycles. The van der Waals surface area contributed by atoms with E-state index in [1.54, 1.807) is 13.0 Å². The zero-order valence-corrected chi connectivity index (χ0v) is 10.3. The lowest BCUT2D eigenvalue weighted by atomic mass is 10.1. The average molecular weight is 252 g/mol. The largest absolute Gasteiger partial charge is 0.389 e. The van der Waals surface area contributed by atoms with Crippen molar-refractivity contribution in [1.82, 2.24) is 5.32 Å². The van der Waals surface area contributed by atoms with Crippen molar-refractivity contribution >= 4 is 11.6 Å². The average Bonchev–Trinajstić information content (AvgIpc) is 2.54. The molecule has 4 nitrogen and oxygen atoms in total. The Kier molecular flexibility index (Phi) is 3.81. The third kappa shape index (κ3) is 2.79. The topological polar surface area (TPSA) is 52.6 Å². The first-order chi connectivity index (χ1) is 8.58. The number of anilines is 1. The summed E-state index contributed by atoms with van der Waals surface area (Å²) < 4.78 is 13.2. The van der Waals surface area contributed by atoms with E-state index >= 15 is 0 Å². The zero-order valence-electron chi connectivity index (χ0n) is 10.3. The summed E-state index contributed by atoms with van der Waals surface area (Å²) in [4.78, 5) is 13.3. The third-order valence-corrected chi connectivity index (χ3v) is 3.09. The van der Waals surface area contributed by atoms with Gasteiger partial charge in [0.2, 0.25) is 5.91 Å². The molecule has 0 unspecified atom stereocenters. The molecule has 1 heterocycles. The highest BCUT2D eigenvalue weighted by atomic mass is 19.1. The fourth-order valence-corrected chi connectivity index (χ4v) is 2.16. The van der Waals surface area contributed by atoms with Crippen LogP contribution < -0.4 is 10.2 Å². The number of nitrogens with zero attached hydrogens (tertiary/aromatic N) is 1. The smallest absolute Gasteiger partial charge is 0.221 e. The molecule has 98 valence electrons. The molecule has 0 spiro atoms. The van der Waals surface area contributed by atoms with Crippen molar-refractivity contribution in [3.05, 3.63) is 29.6 Å². The van der Waals surface area contributed by atoms with E-state index in [0.717, 1.165) is 5.69 Å². The summed E-state index contributed by atoms with van der Waals surface area (Å²) in [7, 11) is 0. The second kappa shape index (κ2) is 5.35. The highest BCUT2D eigenvalue weighted by Gasteiger charge is 2.18. The summed E-state index contributed by atoms with van der Waals surface area (Å²) in [5, 5.41) is 12.5. The molecular formula is C13H17FN2O2. The van der Waals surface area contributed by atoms with Crippen molar-refractivity contribution in [3.63, 3.8) is 0 Å². The minimum atomic E-state index is -0.734. The minimum Gasteiger partial charge on any atom is -0.389 e. The quantitative estimate of drug-likeness (QED) is 0.831. The van der Waals surface area contributed by atoms with Gasteiger partial charge in [-0.2, -0.15) is 0 Å². The van der Waals surface area contributed by atoms with Crippen LogP contribution in [-0.2, 0) is 4.79 Å². The number of carbonyl (C=O) groups excluding carboxylic acids is 1. The Hall–Kier alpha value is -1.62. The lowest BCUT2D eigenvalue weighted by Gasteiger charge is -2.25. The Balaban J connectivity index is 2.29. The Morgan fingerprint density at radius 1 is 1.44 bits per heavy atom. The zero-order chi connectivity index (χ0) is 13.1. The van der Waals surface area contributed by atoms with Gasteiger partial charge in [-0.05, 0) is 25.1 Å². The van der Waals surface area contributed by atoms with Crippen LogP contribution in [0.25, 0.3) is 0 Å². The Morgan fingerprint density at radius 2 is 2.22 bits per heavy atom. The fourth-order valence-electron chi connectivity index (χ4n) is 2.16. The molecule has 1 aliphatic rings. The fraction of sp³-hybridized carbons (Fsp3) is 0.462. The number of benzene rings is 1. The standard InChI is InChI=1S/C13H17FN2O2/c1-9(17)11-8-10(14)2-3-12(11)16-6-4-13(18)15-5-7-16/h2-3,8-9,17H,4-7H2,1H3,(H,15,18)/t9-/m0/s1. The summed E-state index contributed by atoms with van der Waals surface area (Å²) in [6.07, 6.45) is -0.320. The monoisotopic (exact) mass is 252 g/mol. The van der Waals surface area contributed by atoms with Crippen molar-refractivity contribution in [1.29, 1.82) is 0 Å². The molecule has 0 radical (unpaired) electrons. The van der Waals surface area contributed by atoms with E-state index in [2.05, 4.69) is 5.32 Å². The van der Waals surface area contributed by atoms with Crippen LogP contribution in [-0.4, -0.2) is 30.6 Å². The SMILES string of the molecule is C[C@H](O)c1cc(F)ccc1N1CCNC(=O)CC1. The van der Waals surface area contributed by atoms with E-state index in [1.165, 1.54) is 12.1 Å².